The average molecular weight is 178 g/mol. The molecule has 3 heteroatoms. The predicted octanol–water partition coefficient (Wildman–Crippen LogP) is 2.04. The highest BCUT2D eigenvalue weighted by atomic mass is 16.1. The van der Waals surface area contributed by atoms with Crippen LogP contribution in [0, 0.1) is 23.2 Å². The fourth-order valence-corrected chi connectivity index (χ4v) is 2.06. The van der Waals surface area contributed by atoms with Crippen LogP contribution < -0.4 is 0 Å². The number of nitriles is 1. The van der Waals surface area contributed by atoms with Crippen molar-refractivity contribution in [1.29, 1.82) is 5.26 Å². The molecule has 70 valence electrons. The second-order valence-corrected chi connectivity index (χ2v) is 3.90. The molecule has 1 fully saturated rings. The van der Waals surface area contributed by atoms with Crippen LogP contribution in [0.2, 0.25) is 0 Å². The number of nitrogens with zero attached hydrogens (tertiary/aromatic N) is 2. The number of aliphatic imine (C=N–C) groups is 1. The molecule has 0 heterocycles. The highest BCUT2D eigenvalue weighted by molar-refractivity contribution is 5.37. The average Bonchev–Trinajstić information content (AvgIpc) is 2.13. The summed E-state index contributed by atoms with van der Waals surface area (Å²) in [5.74, 6) is 0.623. The minimum atomic E-state index is -0.792. The summed E-state index contributed by atoms with van der Waals surface area (Å²) in [6, 6.07) is 2.17. The Hall–Kier alpha value is -1.13. The summed E-state index contributed by atoms with van der Waals surface area (Å²) in [7, 11) is 0. The molecular weight excluding hydrogens is 164 g/mol. The first kappa shape index (κ1) is 9.95. The highest BCUT2D eigenvalue weighted by Crippen LogP contribution is 2.39. The summed E-state index contributed by atoms with van der Waals surface area (Å²) in [5, 5.41) is 9.04. The Morgan fingerprint density at radius 1 is 1.54 bits per heavy atom. The van der Waals surface area contributed by atoms with E-state index in [1.54, 1.807) is 0 Å². The molecule has 3 unspecified atom stereocenters. The summed E-state index contributed by atoms with van der Waals surface area (Å²) in [5.41, 5.74) is -0.792. The van der Waals surface area contributed by atoms with Crippen molar-refractivity contribution in [2.24, 2.45) is 16.8 Å². The van der Waals surface area contributed by atoms with Gasteiger partial charge in [0.25, 0.3) is 0 Å². The smallest absolute Gasteiger partial charge is 0.211 e. The molecule has 0 aromatic rings. The van der Waals surface area contributed by atoms with Crippen LogP contribution >= 0.6 is 0 Å². The van der Waals surface area contributed by atoms with Crippen LogP contribution in [0.1, 0.15) is 33.1 Å². The van der Waals surface area contributed by atoms with Crippen molar-refractivity contribution in [3.8, 4) is 6.07 Å². The van der Waals surface area contributed by atoms with Gasteiger partial charge in [-0.25, -0.2) is 4.79 Å². The van der Waals surface area contributed by atoms with Crippen molar-refractivity contribution in [2.45, 2.75) is 38.6 Å². The van der Waals surface area contributed by atoms with Crippen LogP contribution in [0.15, 0.2) is 4.99 Å². The van der Waals surface area contributed by atoms with Gasteiger partial charge in [-0.2, -0.15) is 10.3 Å². The van der Waals surface area contributed by atoms with Crippen molar-refractivity contribution < 1.29 is 4.79 Å². The normalized spacial score (nSPS) is 38.8. The Bertz CT molecular complexity index is 275. The van der Waals surface area contributed by atoms with Crippen molar-refractivity contribution in [1.82, 2.24) is 0 Å². The van der Waals surface area contributed by atoms with Crippen LogP contribution in [0.25, 0.3) is 0 Å². The topological polar surface area (TPSA) is 53.2 Å². The van der Waals surface area contributed by atoms with Crippen LogP contribution in [0.4, 0.5) is 0 Å². The predicted molar refractivity (Wildman–Crippen MR) is 48.6 cm³/mol. The molecule has 1 rings (SSSR count). The molecule has 0 aromatic carbocycles. The summed E-state index contributed by atoms with van der Waals surface area (Å²) >= 11 is 0. The van der Waals surface area contributed by atoms with E-state index in [1.807, 2.05) is 6.92 Å². The molecule has 0 aromatic heterocycles. The summed E-state index contributed by atoms with van der Waals surface area (Å²) in [6.07, 6.45) is 4.33. The molecule has 1 aliphatic rings. The van der Waals surface area contributed by atoms with Gasteiger partial charge >= 0.3 is 0 Å². The molecule has 0 bridgehead atoms. The van der Waals surface area contributed by atoms with Gasteiger partial charge in [0.2, 0.25) is 6.08 Å². The van der Waals surface area contributed by atoms with E-state index in [2.05, 4.69) is 18.0 Å². The minimum absolute atomic E-state index is 0.160. The van der Waals surface area contributed by atoms with E-state index in [1.165, 1.54) is 6.08 Å². The quantitative estimate of drug-likeness (QED) is 0.455. The molecular formula is C10H14N2O. The van der Waals surface area contributed by atoms with Crippen LogP contribution in [-0.2, 0) is 4.79 Å². The molecule has 1 saturated carbocycles. The molecule has 0 saturated heterocycles. The maximum Gasteiger partial charge on any atom is 0.236 e. The third kappa shape index (κ3) is 1.64. The molecule has 0 spiro atoms. The van der Waals surface area contributed by atoms with Crippen molar-refractivity contribution in [3.05, 3.63) is 0 Å². The van der Waals surface area contributed by atoms with Gasteiger partial charge in [-0.15, -0.1) is 0 Å². The molecule has 13 heavy (non-hydrogen) atoms. The minimum Gasteiger partial charge on any atom is -0.211 e. The third-order valence-electron chi connectivity index (χ3n) is 3.26. The first-order chi connectivity index (χ1) is 6.16. The Balaban J connectivity index is 2.97. The molecule has 0 amide bonds. The van der Waals surface area contributed by atoms with E-state index < -0.39 is 5.54 Å². The Morgan fingerprint density at radius 3 is 2.77 bits per heavy atom. The van der Waals surface area contributed by atoms with Crippen molar-refractivity contribution in [2.75, 3.05) is 0 Å². The third-order valence-corrected chi connectivity index (χ3v) is 3.26. The van der Waals surface area contributed by atoms with E-state index in [4.69, 9.17) is 5.26 Å². The molecule has 0 aliphatic heterocycles. The summed E-state index contributed by atoms with van der Waals surface area (Å²) < 4.78 is 0. The first-order valence-electron chi connectivity index (χ1n) is 4.66. The Morgan fingerprint density at radius 2 is 2.23 bits per heavy atom. The maximum absolute atomic E-state index is 10.2. The highest BCUT2D eigenvalue weighted by Gasteiger charge is 2.42. The van der Waals surface area contributed by atoms with E-state index in [-0.39, 0.29) is 5.92 Å². The second-order valence-electron chi connectivity index (χ2n) is 3.90. The van der Waals surface area contributed by atoms with Crippen LogP contribution in [-0.4, -0.2) is 11.6 Å². The molecule has 3 nitrogen and oxygen atoms in total. The lowest BCUT2D eigenvalue weighted by molar-refractivity contribution is 0.191. The largest absolute Gasteiger partial charge is 0.236 e. The molecule has 3 atom stereocenters. The zero-order valence-electron chi connectivity index (χ0n) is 8.08. The van der Waals surface area contributed by atoms with Gasteiger partial charge in [0.05, 0.1) is 6.07 Å². The lowest BCUT2D eigenvalue weighted by atomic mass is 9.69. The van der Waals surface area contributed by atoms with Crippen LogP contribution in [0.5, 0.6) is 0 Å². The maximum atomic E-state index is 10.2. The summed E-state index contributed by atoms with van der Waals surface area (Å²) in [6.45, 7) is 4.10. The second kappa shape index (κ2) is 3.72. The molecule has 0 radical (unpaired) electrons. The number of rotatable bonds is 1. The van der Waals surface area contributed by atoms with Gasteiger partial charge in [-0.3, -0.25) is 0 Å². The SMILES string of the molecule is CC1CCCC(C#N)(N=C=O)C1C. The van der Waals surface area contributed by atoms with E-state index in [0.717, 1.165) is 12.8 Å². The Labute approximate surface area is 78.5 Å². The van der Waals surface area contributed by atoms with Gasteiger partial charge in [0, 0.05) is 0 Å². The number of hydrogen-bond donors (Lipinski definition) is 0. The van der Waals surface area contributed by atoms with E-state index in [0.29, 0.717) is 12.3 Å². The van der Waals surface area contributed by atoms with E-state index in [9.17, 15) is 4.79 Å². The van der Waals surface area contributed by atoms with Gasteiger partial charge in [-0.05, 0) is 24.7 Å². The Kier molecular flexibility index (Phi) is 2.85. The van der Waals surface area contributed by atoms with E-state index >= 15 is 0 Å². The van der Waals surface area contributed by atoms with Crippen molar-refractivity contribution in [3.63, 3.8) is 0 Å². The van der Waals surface area contributed by atoms with Gasteiger partial charge in [0.1, 0.15) is 0 Å². The lowest BCUT2D eigenvalue weighted by Crippen LogP contribution is -2.40. The van der Waals surface area contributed by atoms with Crippen LogP contribution in [0.3, 0.4) is 0 Å². The standard InChI is InChI=1S/C10H14N2O/c1-8-4-3-5-10(6-11,9(8)2)12-7-13/h8-9H,3-5H2,1-2H3. The summed E-state index contributed by atoms with van der Waals surface area (Å²) in [4.78, 5) is 13.9. The number of carbonyl (C=O) groups excluding carboxylic acids is 1. The van der Waals surface area contributed by atoms with Gasteiger partial charge in [-0.1, -0.05) is 20.3 Å². The number of isocyanates is 1. The fraction of sp³-hybridized carbons (Fsp3) is 0.800. The first-order valence-corrected chi connectivity index (χ1v) is 4.66. The molecule has 1 aliphatic carbocycles. The van der Waals surface area contributed by atoms with Crippen molar-refractivity contribution >= 4 is 6.08 Å². The number of hydrogen-bond acceptors (Lipinski definition) is 3. The molecule has 0 N–H and O–H groups in total. The lowest BCUT2D eigenvalue weighted by Gasteiger charge is -2.36. The fourth-order valence-electron chi connectivity index (χ4n) is 2.06. The van der Waals surface area contributed by atoms with Gasteiger partial charge < -0.3 is 0 Å². The zero-order chi connectivity index (χ0) is 9.90. The van der Waals surface area contributed by atoms with Gasteiger partial charge in [0.15, 0.2) is 5.54 Å². The monoisotopic (exact) mass is 178 g/mol. The zero-order valence-corrected chi connectivity index (χ0v) is 8.08.